The number of sulfone groups is 1. The topological polar surface area (TPSA) is 165 Å². The number of nitrogens with one attached hydrogen (secondary N) is 1. The first-order chi connectivity index (χ1) is 16.0. The van der Waals surface area contributed by atoms with Crippen LogP contribution in [-0.2, 0) is 24.7 Å². The van der Waals surface area contributed by atoms with Gasteiger partial charge in [-0.3, -0.25) is 10.1 Å². The van der Waals surface area contributed by atoms with Crippen LogP contribution in [0.5, 0.6) is 11.5 Å². The summed E-state index contributed by atoms with van der Waals surface area (Å²) in [5.41, 5.74) is 0.00540. The van der Waals surface area contributed by atoms with Crippen LogP contribution < -0.4 is 14.2 Å². The van der Waals surface area contributed by atoms with Gasteiger partial charge in [0.05, 0.1) is 7.11 Å². The Hall–Kier alpha value is -3.80. The molecule has 0 spiro atoms. The molecule has 0 aliphatic heterocycles. The van der Waals surface area contributed by atoms with Gasteiger partial charge in [0.25, 0.3) is 5.91 Å². The van der Waals surface area contributed by atoms with Gasteiger partial charge in [0.1, 0.15) is 16.5 Å². The zero-order chi connectivity index (χ0) is 24.9. The Balaban J connectivity index is 1.83. The van der Waals surface area contributed by atoms with E-state index in [0.29, 0.717) is 16.9 Å². The van der Waals surface area contributed by atoms with E-state index in [1.165, 1.54) is 43.5 Å². The average Bonchev–Trinajstić information content (AvgIpc) is 3.27. The minimum atomic E-state index is -4.11. The van der Waals surface area contributed by atoms with Gasteiger partial charge in [-0.25, -0.2) is 8.42 Å². The molecular weight excluding hydrogens is 504 g/mol. The molecule has 2 aromatic carbocycles. The number of ether oxygens (including phenoxy) is 1. The highest BCUT2D eigenvalue weighted by Gasteiger charge is 2.20. The van der Waals surface area contributed by atoms with Crippen molar-refractivity contribution < 1.29 is 30.6 Å². The number of nitrogens with zero attached hydrogens (tertiary/aromatic N) is 3. The van der Waals surface area contributed by atoms with Gasteiger partial charge in [-0.05, 0) is 35.9 Å². The van der Waals surface area contributed by atoms with E-state index in [1.54, 1.807) is 24.3 Å². The second-order valence-corrected chi connectivity index (χ2v) is 11.2. The zero-order valence-electron chi connectivity index (χ0n) is 17.6. The Bertz CT molecular complexity index is 1510. The number of amides is 1. The Morgan fingerprint density at radius 2 is 1.79 bits per heavy atom. The number of anilines is 1. The van der Waals surface area contributed by atoms with E-state index in [0.717, 1.165) is 6.26 Å². The predicted octanol–water partition coefficient (Wildman–Crippen LogP) is 2.26. The largest absolute Gasteiger partial charge is 0.493 e. The summed E-state index contributed by atoms with van der Waals surface area (Å²) < 4.78 is 58.0. The summed E-state index contributed by atoms with van der Waals surface area (Å²) in [6, 6.07) is 13.4. The normalized spacial score (nSPS) is 12.0. The lowest BCUT2D eigenvalue weighted by Crippen LogP contribution is -2.13. The standard InChI is InChI=1S/C20H16N4O7S3/c1-30-17-11-13(8-9-16(17)31-34(28,29)15-6-4-3-5-7-15)10-14(12-21)18(25)22-19-23-24-20(32-19)33(2,26)27/h3-11H,1-2H3,(H,22,23,25). The highest BCUT2D eigenvalue weighted by molar-refractivity contribution is 7.92. The van der Waals surface area contributed by atoms with E-state index in [-0.39, 0.29) is 31.4 Å². The number of carbonyl (C=O) groups excluding carboxylic acids is 1. The molecule has 0 saturated heterocycles. The number of rotatable bonds is 8. The quantitative estimate of drug-likeness (QED) is 0.201. The van der Waals surface area contributed by atoms with Crippen molar-refractivity contribution in [3.8, 4) is 17.6 Å². The first-order valence-electron chi connectivity index (χ1n) is 9.18. The van der Waals surface area contributed by atoms with Crippen LogP contribution in [0.1, 0.15) is 5.56 Å². The first kappa shape index (κ1) is 24.8. The van der Waals surface area contributed by atoms with Crippen molar-refractivity contribution in [2.24, 2.45) is 0 Å². The molecule has 0 bridgehead atoms. The second-order valence-electron chi connectivity index (χ2n) is 6.53. The smallest absolute Gasteiger partial charge is 0.339 e. The molecule has 3 rings (SSSR count). The van der Waals surface area contributed by atoms with E-state index in [9.17, 15) is 26.9 Å². The third-order valence-corrected chi connectivity index (χ3v) is 7.80. The Kier molecular flexibility index (Phi) is 7.30. The van der Waals surface area contributed by atoms with Crippen LogP contribution in [0.15, 0.2) is 63.3 Å². The fourth-order valence-electron chi connectivity index (χ4n) is 2.49. The number of nitriles is 1. The molecule has 0 aliphatic rings. The Morgan fingerprint density at radius 1 is 1.09 bits per heavy atom. The lowest BCUT2D eigenvalue weighted by molar-refractivity contribution is -0.112. The number of carbonyl (C=O) groups is 1. The van der Waals surface area contributed by atoms with Crippen LogP contribution in [-0.4, -0.2) is 46.3 Å². The van der Waals surface area contributed by atoms with Crippen LogP contribution in [0.4, 0.5) is 5.13 Å². The minimum Gasteiger partial charge on any atom is -0.493 e. The Morgan fingerprint density at radius 3 is 2.38 bits per heavy atom. The van der Waals surface area contributed by atoms with Gasteiger partial charge < -0.3 is 8.92 Å². The fraction of sp³-hybridized carbons (Fsp3) is 0.100. The van der Waals surface area contributed by atoms with Gasteiger partial charge in [0.2, 0.25) is 19.3 Å². The first-order valence-corrected chi connectivity index (χ1v) is 13.3. The molecule has 0 unspecified atom stereocenters. The van der Waals surface area contributed by atoms with E-state index in [4.69, 9.17) is 8.92 Å². The van der Waals surface area contributed by atoms with Gasteiger partial charge in [0.15, 0.2) is 11.5 Å². The molecule has 1 N–H and O–H groups in total. The lowest BCUT2D eigenvalue weighted by atomic mass is 10.1. The second kappa shape index (κ2) is 10.00. The maximum atomic E-state index is 12.5. The van der Waals surface area contributed by atoms with Crippen LogP contribution in [0.3, 0.4) is 0 Å². The summed E-state index contributed by atoms with van der Waals surface area (Å²) in [5, 5.41) is 18.6. The number of methoxy groups -OCH3 is 1. The van der Waals surface area contributed by atoms with Crippen LogP contribution in [0.25, 0.3) is 6.08 Å². The van der Waals surface area contributed by atoms with E-state index in [2.05, 4.69) is 15.5 Å². The maximum Gasteiger partial charge on any atom is 0.339 e. The van der Waals surface area contributed by atoms with Crippen molar-refractivity contribution in [1.82, 2.24) is 10.2 Å². The van der Waals surface area contributed by atoms with Crippen molar-refractivity contribution in [3.05, 3.63) is 59.7 Å². The zero-order valence-corrected chi connectivity index (χ0v) is 20.1. The molecule has 11 nitrogen and oxygen atoms in total. The highest BCUT2D eigenvalue weighted by Crippen LogP contribution is 2.31. The summed E-state index contributed by atoms with van der Waals surface area (Å²) in [5.74, 6) is -0.883. The monoisotopic (exact) mass is 520 g/mol. The summed E-state index contributed by atoms with van der Waals surface area (Å²) in [6.45, 7) is 0. The van der Waals surface area contributed by atoms with Crippen LogP contribution in [0.2, 0.25) is 0 Å². The molecule has 0 radical (unpaired) electrons. The summed E-state index contributed by atoms with van der Waals surface area (Å²) in [7, 11) is -6.40. The molecule has 1 heterocycles. The van der Waals surface area contributed by atoms with Gasteiger partial charge in [-0.2, -0.15) is 13.7 Å². The molecule has 0 saturated carbocycles. The number of hydrogen-bond donors (Lipinski definition) is 1. The molecule has 34 heavy (non-hydrogen) atoms. The number of aromatic nitrogens is 2. The molecule has 14 heteroatoms. The molecule has 0 fully saturated rings. The molecular formula is C20H16N4O7S3. The van der Waals surface area contributed by atoms with Crippen molar-refractivity contribution in [2.45, 2.75) is 9.24 Å². The fourth-order valence-corrected chi connectivity index (χ4v) is 4.95. The predicted molar refractivity (Wildman–Crippen MR) is 122 cm³/mol. The van der Waals surface area contributed by atoms with Crippen LogP contribution >= 0.6 is 11.3 Å². The van der Waals surface area contributed by atoms with Crippen molar-refractivity contribution >= 4 is 48.4 Å². The van der Waals surface area contributed by atoms with E-state index >= 15 is 0 Å². The summed E-state index contributed by atoms with van der Waals surface area (Å²) in [6.07, 6.45) is 2.18. The highest BCUT2D eigenvalue weighted by atomic mass is 32.2. The SMILES string of the molecule is COc1cc(C=C(C#N)C(=O)Nc2nnc(S(C)(=O)=O)s2)ccc1OS(=O)(=O)c1ccccc1. The van der Waals surface area contributed by atoms with E-state index < -0.39 is 25.9 Å². The number of benzene rings is 2. The van der Waals surface area contributed by atoms with Gasteiger partial charge >= 0.3 is 10.1 Å². The van der Waals surface area contributed by atoms with Crippen LogP contribution in [0, 0.1) is 11.3 Å². The third-order valence-electron chi connectivity index (χ3n) is 4.04. The minimum absolute atomic E-state index is 0.0415. The summed E-state index contributed by atoms with van der Waals surface area (Å²) in [4.78, 5) is 12.4. The molecule has 3 aromatic rings. The van der Waals surface area contributed by atoms with Gasteiger partial charge in [0, 0.05) is 6.26 Å². The van der Waals surface area contributed by atoms with Crippen molar-refractivity contribution in [3.63, 3.8) is 0 Å². The lowest BCUT2D eigenvalue weighted by Gasteiger charge is -2.11. The Labute approximate surface area is 199 Å². The molecule has 176 valence electrons. The van der Waals surface area contributed by atoms with Gasteiger partial charge in [-0.1, -0.05) is 35.6 Å². The average molecular weight is 521 g/mol. The molecule has 0 aliphatic carbocycles. The van der Waals surface area contributed by atoms with E-state index in [1.807, 2.05) is 0 Å². The van der Waals surface area contributed by atoms with Gasteiger partial charge in [-0.15, -0.1) is 10.2 Å². The molecule has 1 aromatic heterocycles. The maximum absolute atomic E-state index is 12.5. The summed E-state index contributed by atoms with van der Waals surface area (Å²) >= 11 is 0.642. The number of hydrogen-bond acceptors (Lipinski definition) is 11. The third kappa shape index (κ3) is 5.95. The molecule has 0 atom stereocenters. The van der Waals surface area contributed by atoms with Crippen molar-refractivity contribution in [2.75, 3.05) is 18.7 Å². The molecule has 1 amide bonds. The van der Waals surface area contributed by atoms with Crippen molar-refractivity contribution in [1.29, 1.82) is 5.26 Å².